The highest BCUT2D eigenvalue weighted by Crippen LogP contribution is 2.48. The highest BCUT2D eigenvalue weighted by molar-refractivity contribution is 5.01. The van der Waals surface area contributed by atoms with Crippen molar-refractivity contribution in [3.05, 3.63) is 24.3 Å². The minimum absolute atomic E-state index is 0.225. The van der Waals surface area contributed by atoms with Gasteiger partial charge in [0.05, 0.1) is 6.61 Å². The molecule has 29 heavy (non-hydrogen) atoms. The summed E-state index contributed by atoms with van der Waals surface area (Å²) in [5.74, 6) is -0.395. The molecule has 0 spiro atoms. The normalized spacial score (nSPS) is 24.6. The molecule has 3 nitrogen and oxygen atoms in total. The van der Waals surface area contributed by atoms with Crippen molar-refractivity contribution >= 4 is 0 Å². The quantitative estimate of drug-likeness (QED) is 0.170. The predicted octanol–water partition coefficient (Wildman–Crippen LogP) is 6.28. The van der Waals surface area contributed by atoms with Crippen LogP contribution in [0.25, 0.3) is 0 Å². The maximum absolute atomic E-state index is 9.39. The molecule has 2 atom stereocenters. The average Bonchev–Trinajstić information content (AvgIpc) is 3.12. The van der Waals surface area contributed by atoms with Crippen LogP contribution in [0.2, 0.25) is 0 Å². The minimum Gasteiger partial charge on any atom is -0.391 e. The van der Waals surface area contributed by atoms with Gasteiger partial charge in [0.25, 0.3) is 0 Å². The molecular formula is C26H46O3. The second-order valence-corrected chi connectivity index (χ2v) is 9.89. The van der Waals surface area contributed by atoms with Gasteiger partial charge in [-0.3, -0.25) is 0 Å². The van der Waals surface area contributed by atoms with E-state index in [1.807, 2.05) is 0 Å². The standard InChI is InChI=1S/C26H46O3/c1-2-3-4-8-17-25(19-12-20-25)18-11-16-24-15-10-14-23(24)13-7-5-6-9-21-26(28,29)22-27/h5,7,11,16,23-24,27-29H,2-4,6,8-10,12-15,17-22H2,1H3/b7-5-,16-11+/t23-,24+/m0/s1. The molecule has 0 amide bonds. The first-order chi connectivity index (χ1) is 14.0. The van der Waals surface area contributed by atoms with Gasteiger partial charge in [0.2, 0.25) is 0 Å². The zero-order chi connectivity index (χ0) is 21.0. The third-order valence-electron chi connectivity index (χ3n) is 7.43. The lowest BCUT2D eigenvalue weighted by molar-refractivity contribution is -0.191. The van der Waals surface area contributed by atoms with Gasteiger partial charge in [-0.05, 0) is 75.0 Å². The van der Waals surface area contributed by atoms with Gasteiger partial charge in [0.15, 0.2) is 5.79 Å². The summed E-state index contributed by atoms with van der Waals surface area (Å²) >= 11 is 0. The van der Waals surface area contributed by atoms with E-state index in [2.05, 4.69) is 31.2 Å². The van der Waals surface area contributed by atoms with Crippen LogP contribution in [0, 0.1) is 17.3 Å². The van der Waals surface area contributed by atoms with Crippen LogP contribution < -0.4 is 0 Å². The van der Waals surface area contributed by atoms with E-state index < -0.39 is 12.4 Å². The SMILES string of the molecule is CCCCCCC1(C/C=C/[C@H]2CCC[C@@H]2C/C=C\CCCC(O)(O)CO)CCC1. The first-order valence-corrected chi connectivity index (χ1v) is 12.4. The number of aliphatic hydroxyl groups excluding tert-OH is 1. The number of hydrogen-bond acceptors (Lipinski definition) is 3. The third-order valence-corrected chi connectivity index (χ3v) is 7.43. The lowest BCUT2D eigenvalue weighted by Gasteiger charge is -2.42. The highest BCUT2D eigenvalue weighted by Gasteiger charge is 2.35. The van der Waals surface area contributed by atoms with Crippen molar-refractivity contribution in [2.75, 3.05) is 6.61 Å². The summed E-state index contributed by atoms with van der Waals surface area (Å²) in [5, 5.41) is 27.6. The maximum atomic E-state index is 9.39. The van der Waals surface area contributed by atoms with Gasteiger partial charge in [-0.15, -0.1) is 0 Å². The summed E-state index contributed by atoms with van der Waals surface area (Å²) < 4.78 is 0. The van der Waals surface area contributed by atoms with E-state index in [0.29, 0.717) is 11.8 Å². The topological polar surface area (TPSA) is 60.7 Å². The van der Waals surface area contributed by atoms with Crippen molar-refractivity contribution < 1.29 is 15.3 Å². The van der Waals surface area contributed by atoms with Gasteiger partial charge in [-0.1, -0.05) is 69.8 Å². The van der Waals surface area contributed by atoms with Crippen molar-refractivity contribution in [2.45, 2.75) is 115 Å². The van der Waals surface area contributed by atoms with E-state index in [-0.39, 0.29) is 6.42 Å². The van der Waals surface area contributed by atoms with Gasteiger partial charge in [0, 0.05) is 6.42 Å². The Labute approximate surface area is 179 Å². The Bertz CT molecular complexity index is 490. The number of unbranched alkanes of at least 4 members (excludes halogenated alkanes) is 4. The number of hydrogen-bond donors (Lipinski definition) is 3. The predicted molar refractivity (Wildman–Crippen MR) is 121 cm³/mol. The number of allylic oxidation sites excluding steroid dienone is 4. The summed E-state index contributed by atoms with van der Waals surface area (Å²) in [4.78, 5) is 0. The fourth-order valence-electron chi connectivity index (χ4n) is 5.24. The first kappa shape index (κ1) is 24.6. The molecule has 0 aromatic rings. The smallest absolute Gasteiger partial charge is 0.186 e. The molecule has 0 aromatic carbocycles. The molecule has 2 saturated carbocycles. The van der Waals surface area contributed by atoms with Crippen molar-refractivity contribution in [1.29, 1.82) is 0 Å². The molecule has 0 bridgehead atoms. The minimum atomic E-state index is -1.91. The second-order valence-electron chi connectivity index (χ2n) is 9.89. The van der Waals surface area contributed by atoms with Crippen LogP contribution in [0.4, 0.5) is 0 Å². The van der Waals surface area contributed by atoms with Crippen LogP contribution in [0.15, 0.2) is 24.3 Å². The summed E-state index contributed by atoms with van der Waals surface area (Å²) in [6.45, 7) is 1.70. The number of rotatable bonds is 15. The molecule has 0 saturated heterocycles. The van der Waals surface area contributed by atoms with E-state index in [0.717, 1.165) is 24.7 Å². The lowest BCUT2D eigenvalue weighted by atomic mass is 9.64. The lowest BCUT2D eigenvalue weighted by Crippen LogP contribution is -2.32. The molecule has 3 heteroatoms. The largest absolute Gasteiger partial charge is 0.391 e. The van der Waals surface area contributed by atoms with Crippen LogP contribution in [0.3, 0.4) is 0 Å². The Morgan fingerprint density at radius 2 is 1.79 bits per heavy atom. The molecule has 0 radical (unpaired) electrons. The van der Waals surface area contributed by atoms with Gasteiger partial charge in [0.1, 0.15) is 0 Å². The monoisotopic (exact) mass is 406 g/mol. The van der Waals surface area contributed by atoms with E-state index in [9.17, 15) is 10.2 Å². The Balaban J connectivity index is 1.67. The summed E-state index contributed by atoms with van der Waals surface area (Å²) in [6.07, 6.45) is 29.1. The fraction of sp³-hybridized carbons (Fsp3) is 0.846. The summed E-state index contributed by atoms with van der Waals surface area (Å²) in [7, 11) is 0. The number of aliphatic hydroxyl groups is 3. The molecule has 2 aliphatic carbocycles. The van der Waals surface area contributed by atoms with Gasteiger partial charge in [-0.2, -0.15) is 0 Å². The van der Waals surface area contributed by atoms with E-state index in [1.54, 1.807) is 0 Å². The molecule has 0 heterocycles. The van der Waals surface area contributed by atoms with E-state index in [1.165, 1.54) is 77.0 Å². The highest BCUT2D eigenvalue weighted by atomic mass is 16.5. The molecule has 0 unspecified atom stereocenters. The molecule has 2 fully saturated rings. The van der Waals surface area contributed by atoms with Crippen LogP contribution in [-0.2, 0) is 0 Å². The first-order valence-electron chi connectivity index (χ1n) is 12.4. The van der Waals surface area contributed by atoms with Crippen molar-refractivity contribution in [2.24, 2.45) is 17.3 Å². The second kappa shape index (κ2) is 12.9. The average molecular weight is 407 g/mol. The summed E-state index contributed by atoms with van der Waals surface area (Å²) in [6, 6.07) is 0. The third kappa shape index (κ3) is 8.94. The fourth-order valence-corrected chi connectivity index (χ4v) is 5.24. The van der Waals surface area contributed by atoms with Crippen LogP contribution >= 0.6 is 0 Å². The van der Waals surface area contributed by atoms with Crippen molar-refractivity contribution in [3.63, 3.8) is 0 Å². The Kier molecular flexibility index (Phi) is 11.0. The van der Waals surface area contributed by atoms with Gasteiger partial charge in [-0.25, -0.2) is 0 Å². The van der Waals surface area contributed by atoms with Crippen molar-refractivity contribution in [1.82, 2.24) is 0 Å². The van der Waals surface area contributed by atoms with Crippen LogP contribution in [0.1, 0.15) is 110 Å². The molecule has 168 valence electrons. The zero-order valence-electron chi connectivity index (χ0n) is 18.8. The van der Waals surface area contributed by atoms with Gasteiger partial charge >= 0.3 is 0 Å². The summed E-state index contributed by atoms with van der Waals surface area (Å²) in [5.41, 5.74) is 0.640. The Morgan fingerprint density at radius 3 is 2.48 bits per heavy atom. The molecule has 2 rings (SSSR count). The van der Waals surface area contributed by atoms with Gasteiger partial charge < -0.3 is 15.3 Å². The molecular weight excluding hydrogens is 360 g/mol. The van der Waals surface area contributed by atoms with E-state index in [4.69, 9.17) is 5.11 Å². The molecule has 2 aliphatic rings. The Hall–Kier alpha value is -0.640. The van der Waals surface area contributed by atoms with Crippen molar-refractivity contribution in [3.8, 4) is 0 Å². The van der Waals surface area contributed by atoms with Crippen LogP contribution in [0.5, 0.6) is 0 Å². The maximum Gasteiger partial charge on any atom is 0.186 e. The molecule has 0 aromatic heterocycles. The molecule has 3 N–H and O–H groups in total. The van der Waals surface area contributed by atoms with Crippen LogP contribution in [-0.4, -0.2) is 27.7 Å². The Morgan fingerprint density at radius 1 is 0.966 bits per heavy atom. The van der Waals surface area contributed by atoms with E-state index >= 15 is 0 Å². The molecule has 0 aliphatic heterocycles. The zero-order valence-corrected chi connectivity index (χ0v) is 18.8.